The number of hydrogen-bond acceptors (Lipinski definition) is 6. The van der Waals surface area contributed by atoms with Crippen LogP contribution in [0.5, 0.6) is 0 Å². The Balaban J connectivity index is 1.92. The molecule has 1 fully saturated rings. The minimum atomic E-state index is -1.19. The quantitative estimate of drug-likeness (QED) is 0.731. The van der Waals surface area contributed by atoms with E-state index >= 15 is 0 Å². The van der Waals surface area contributed by atoms with Crippen LogP contribution in [0, 0.1) is 18.8 Å². The molecule has 0 unspecified atom stereocenters. The van der Waals surface area contributed by atoms with Gasteiger partial charge in [0.05, 0.1) is 6.61 Å². The summed E-state index contributed by atoms with van der Waals surface area (Å²) in [6, 6.07) is 7.73. The first kappa shape index (κ1) is 21.0. The summed E-state index contributed by atoms with van der Waals surface area (Å²) in [4.78, 5) is 36.9. The van der Waals surface area contributed by atoms with Crippen LogP contribution in [0.25, 0.3) is 11.1 Å². The zero-order chi connectivity index (χ0) is 21.0. The molecule has 1 saturated carbocycles. The van der Waals surface area contributed by atoms with E-state index in [9.17, 15) is 19.5 Å². The summed E-state index contributed by atoms with van der Waals surface area (Å²) >= 11 is 1.24. The predicted molar refractivity (Wildman–Crippen MR) is 110 cm³/mol. The number of carboxylic acids is 1. The first-order valence-electron chi connectivity index (χ1n) is 9.79. The number of esters is 1. The molecule has 29 heavy (non-hydrogen) atoms. The fourth-order valence-electron chi connectivity index (χ4n) is 3.73. The Hall–Kier alpha value is -2.67. The number of nitrogens with one attached hydrogen (secondary N) is 1. The largest absolute Gasteiger partial charge is 0.550 e. The highest BCUT2D eigenvalue weighted by Crippen LogP contribution is 2.38. The molecule has 1 N–H and O–H groups in total. The van der Waals surface area contributed by atoms with Gasteiger partial charge in [0, 0.05) is 28.7 Å². The Morgan fingerprint density at radius 2 is 1.79 bits per heavy atom. The Morgan fingerprint density at radius 3 is 2.41 bits per heavy atom. The van der Waals surface area contributed by atoms with Crippen molar-refractivity contribution in [3.8, 4) is 11.1 Å². The number of anilines is 1. The molecule has 1 heterocycles. The molecule has 1 aliphatic carbocycles. The number of benzene rings is 1. The summed E-state index contributed by atoms with van der Waals surface area (Å²) in [6.07, 6.45) is 2.50. The smallest absolute Gasteiger partial charge is 0.341 e. The van der Waals surface area contributed by atoms with Gasteiger partial charge in [0.25, 0.3) is 0 Å². The van der Waals surface area contributed by atoms with E-state index in [0.29, 0.717) is 29.0 Å². The second-order valence-corrected chi connectivity index (χ2v) is 8.13. The SMILES string of the molecule is CCOC(=O)c1c(-c2ccc(C)cc2)csc1NC(=O)[C@H]1CCCC[C@@H]1C(=O)[O-]. The molecule has 2 aromatic rings. The second kappa shape index (κ2) is 9.22. The summed E-state index contributed by atoms with van der Waals surface area (Å²) < 4.78 is 5.21. The molecule has 7 heteroatoms. The van der Waals surface area contributed by atoms with Gasteiger partial charge in [-0.15, -0.1) is 11.3 Å². The summed E-state index contributed by atoms with van der Waals surface area (Å²) in [6.45, 7) is 3.92. The first-order chi connectivity index (χ1) is 13.9. The summed E-state index contributed by atoms with van der Waals surface area (Å²) in [5.74, 6) is -3.55. The van der Waals surface area contributed by atoms with Gasteiger partial charge < -0.3 is 20.0 Å². The highest BCUT2D eigenvalue weighted by molar-refractivity contribution is 7.15. The number of rotatable bonds is 6. The lowest BCUT2D eigenvalue weighted by Crippen LogP contribution is -2.42. The van der Waals surface area contributed by atoms with Crippen LogP contribution in [0.1, 0.15) is 48.5 Å². The Bertz CT molecular complexity index is 902. The number of hydrogen-bond donors (Lipinski definition) is 1. The van der Waals surface area contributed by atoms with Crippen molar-refractivity contribution in [3.63, 3.8) is 0 Å². The monoisotopic (exact) mass is 414 g/mol. The Labute approximate surface area is 173 Å². The average molecular weight is 415 g/mol. The van der Waals surface area contributed by atoms with Crippen molar-refractivity contribution in [3.05, 3.63) is 40.8 Å². The maximum atomic E-state index is 12.9. The average Bonchev–Trinajstić information content (AvgIpc) is 3.12. The molecule has 0 saturated heterocycles. The van der Waals surface area contributed by atoms with E-state index in [1.807, 2.05) is 36.6 Å². The lowest BCUT2D eigenvalue weighted by molar-refractivity contribution is -0.313. The van der Waals surface area contributed by atoms with Crippen molar-refractivity contribution >= 4 is 34.2 Å². The minimum Gasteiger partial charge on any atom is -0.550 e. The molecule has 6 nitrogen and oxygen atoms in total. The van der Waals surface area contributed by atoms with Crippen LogP contribution >= 0.6 is 11.3 Å². The van der Waals surface area contributed by atoms with E-state index in [1.165, 1.54) is 11.3 Å². The van der Waals surface area contributed by atoms with Crippen molar-refractivity contribution in [1.29, 1.82) is 0 Å². The Morgan fingerprint density at radius 1 is 1.14 bits per heavy atom. The molecular weight excluding hydrogens is 390 g/mol. The van der Waals surface area contributed by atoms with Gasteiger partial charge in [0.15, 0.2) is 0 Å². The summed E-state index contributed by atoms with van der Waals surface area (Å²) in [7, 11) is 0. The number of carboxylic acid groups (broad SMARTS) is 1. The van der Waals surface area contributed by atoms with Crippen molar-refractivity contribution in [2.24, 2.45) is 11.8 Å². The lowest BCUT2D eigenvalue weighted by Gasteiger charge is -2.31. The highest BCUT2D eigenvalue weighted by Gasteiger charge is 2.33. The predicted octanol–water partition coefficient (Wildman–Crippen LogP) is 3.40. The van der Waals surface area contributed by atoms with Crippen LogP contribution in [-0.2, 0) is 14.3 Å². The van der Waals surface area contributed by atoms with E-state index in [-0.39, 0.29) is 12.5 Å². The van der Waals surface area contributed by atoms with Gasteiger partial charge in [-0.05, 0) is 32.3 Å². The molecule has 0 bridgehead atoms. The molecule has 2 atom stereocenters. The molecule has 0 radical (unpaired) electrons. The topological polar surface area (TPSA) is 95.5 Å². The standard InChI is InChI=1S/C22H25NO5S/c1-3-28-22(27)18-17(14-10-8-13(2)9-11-14)12-29-20(18)23-19(24)15-6-4-5-7-16(15)21(25)26/h8-12,15-16H,3-7H2,1-2H3,(H,23,24)(H,25,26)/p-1/t15-,16-/m0/s1. The van der Waals surface area contributed by atoms with Gasteiger partial charge in [-0.1, -0.05) is 42.7 Å². The second-order valence-electron chi connectivity index (χ2n) is 7.25. The molecule has 0 spiro atoms. The maximum Gasteiger partial charge on any atom is 0.341 e. The molecule has 154 valence electrons. The molecule has 0 aliphatic heterocycles. The van der Waals surface area contributed by atoms with Gasteiger partial charge in [0.2, 0.25) is 5.91 Å². The van der Waals surface area contributed by atoms with Crippen molar-refractivity contribution < 1.29 is 24.2 Å². The van der Waals surface area contributed by atoms with Gasteiger partial charge >= 0.3 is 5.97 Å². The third-order valence-corrected chi connectivity index (χ3v) is 6.17. The summed E-state index contributed by atoms with van der Waals surface area (Å²) in [5.41, 5.74) is 2.93. The van der Waals surface area contributed by atoms with Crippen LogP contribution in [0.4, 0.5) is 5.00 Å². The van der Waals surface area contributed by atoms with Crippen molar-refractivity contribution in [2.75, 3.05) is 11.9 Å². The number of carbonyl (C=O) groups excluding carboxylic acids is 3. The van der Waals surface area contributed by atoms with Crippen molar-refractivity contribution in [2.45, 2.75) is 39.5 Å². The van der Waals surface area contributed by atoms with Crippen LogP contribution in [-0.4, -0.2) is 24.5 Å². The number of aliphatic carboxylic acids is 1. The zero-order valence-electron chi connectivity index (χ0n) is 16.5. The molecule has 1 aliphatic rings. The summed E-state index contributed by atoms with van der Waals surface area (Å²) in [5, 5.41) is 16.4. The molecule has 1 aromatic carbocycles. The first-order valence-corrected chi connectivity index (χ1v) is 10.7. The Kier molecular flexibility index (Phi) is 6.69. The van der Waals surface area contributed by atoms with Crippen LogP contribution < -0.4 is 10.4 Å². The van der Waals surface area contributed by atoms with Crippen molar-refractivity contribution in [1.82, 2.24) is 0 Å². The van der Waals surface area contributed by atoms with E-state index in [4.69, 9.17) is 4.74 Å². The third kappa shape index (κ3) is 4.67. The van der Waals surface area contributed by atoms with Gasteiger partial charge in [0.1, 0.15) is 10.6 Å². The minimum absolute atomic E-state index is 0.213. The van der Waals surface area contributed by atoms with E-state index < -0.39 is 23.8 Å². The maximum absolute atomic E-state index is 12.9. The fourth-order valence-corrected chi connectivity index (χ4v) is 4.69. The van der Waals surface area contributed by atoms with Gasteiger partial charge in [-0.3, -0.25) is 4.79 Å². The molecule has 3 rings (SSSR count). The van der Waals surface area contributed by atoms with Crippen LogP contribution in [0.15, 0.2) is 29.6 Å². The zero-order valence-corrected chi connectivity index (χ0v) is 17.3. The number of amides is 1. The van der Waals surface area contributed by atoms with Gasteiger partial charge in [-0.25, -0.2) is 4.79 Å². The van der Waals surface area contributed by atoms with Gasteiger partial charge in [-0.2, -0.15) is 0 Å². The molecule has 1 aromatic heterocycles. The number of thiophene rings is 1. The van der Waals surface area contributed by atoms with E-state index in [2.05, 4.69) is 5.32 Å². The highest BCUT2D eigenvalue weighted by atomic mass is 32.1. The fraction of sp³-hybridized carbons (Fsp3) is 0.409. The number of aryl methyl sites for hydroxylation is 1. The normalized spacial score (nSPS) is 18.8. The number of ether oxygens (including phenoxy) is 1. The third-order valence-electron chi connectivity index (χ3n) is 5.28. The lowest BCUT2D eigenvalue weighted by atomic mass is 9.79. The van der Waals surface area contributed by atoms with E-state index in [1.54, 1.807) is 6.92 Å². The van der Waals surface area contributed by atoms with E-state index in [0.717, 1.165) is 24.0 Å². The molecular formula is C22H24NO5S-. The number of carbonyl (C=O) groups is 3. The van der Waals surface area contributed by atoms with Crippen LogP contribution in [0.3, 0.4) is 0 Å². The molecule has 1 amide bonds. The van der Waals surface area contributed by atoms with Crippen LogP contribution in [0.2, 0.25) is 0 Å².